The Kier molecular flexibility index (Phi) is 2.79. The summed E-state index contributed by atoms with van der Waals surface area (Å²) in [6.45, 7) is 3.23. The van der Waals surface area contributed by atoms with Crippen LogP contribution in [0.1, 0.15) is 19.4 Å². The molecule has 0 spiro atoms. The van der Waals surface area contributed by atoms with Crippen molar-refractivity contribution in [2.45, 2.75) is 13.8 Å². The minimum Gasteiger partial charge on any atom is -0.275 e. The fourth-order valence-corrected chi connectivity index (χ4v) is 0.835. The maximum atomic E-state index is 10.5. The number of nitrogens with zero attached hydrogens (tertiary/aromatic N) is 3. The molecule has 5 nitrogen and oxygen atoms in total. The van der Waals surface area contributed by atoms with Crippen molar-refractivity contribution >= 4 is 11.6 Å². The van der Waals surface area contributed by atoms with Crippen LogP contribution in [0.3, 0.4) is 0 Å². The summed E-state index contributed by atoms with van der Waals surface area (Å²) in [7, 11) is 1.83. The molecule has 1 aromatic rings. The van der Waals surface area contributed by atoms with Gasteiger partial charge in [0, 0.05) is 25.7 Å². The summed E-state index contributed by atoms with van der Waals surface area (Å²) in [5, 5.41) is 7.86. The smallest absolute Gasteiger partial charge is 0.236 e. The first-order valence-corrected chi connectivity index (χ1v) is 3.89. The molecule has 0 aliphatic heterocycles. The lowest BCUT2D eigenvalue weighted by Gasteiger charge is -1.95. The quantitative estimate of drug-likeness (QED) is 0.525. The van der Waals surface area contributed by atoms with Crippen LogP contribution in [0.4, 0.5) is 0 Å². The molecule has 0 saturated heterocycles. The summed E-state index contributed by atoms with van der Waals surface area (Å²) in [6, 6.07) is 0. The summed E-state index contributed by atoms with van der Waals surface area (Å²) in [5.41, 5.74) is 4.00. The highest BCUT2D eigenvalue weighted by molar-refractivity contribution is 5.98. The molecule has 70 valence electrons. The first-order valence-electron chi connectivity index (χ1n) is 3.89. The fraction of sp³-hybridized carbons (Fsp3) is 0.375. The Morgan fingerprint density at radius 2 is 2.31 bits per heavy atom. The molecular formula is C8H12N4O. The summed E-state index contributed by atoms with van der Waals surface area (Å²) in [5.74, 6) is -0.178. The van der Waals surface area contributed by atoms with E-state index in [-0.39, 0.29) is 5.91 Å². The van der Waals surface area contributed by atoms with Crippen molar-refractivity contribution in [2.24, 2.45) is 12.1 Å². The van der Waals surface area contributed by atoms with Crippen LogP contribution in [-0.4, -0.2) is 21.4 Å². The molecule has 0 aliphatic carbocycles. The fourth-order valence-electron chi connectivity index (χ4n) is 0.835. The third-order valence-corrected chi connectivity index (χ3v) is 1.50. The number of amides is 1. The number of hydrogen-bond donors (Lipinski definition) is 1. The largest absolute Gasteiger partial charge is 0.275 e. The van der Waals surface area contributed by atoms with Crippen molar-refractivity contribution in [3.05, 3.63) is 18.0 Å². The topological polar surface area (TPSA) is 59.3 Å². The number of rotatable bonds is 2. The molecule has 0 aromatic carbocycles. The molecule has 0 bridgehead atoms. The van der Waals surface area contributed by atoms with Crippen LogP contribution in [-0.2, 0) is 11.8 Å². The van der Waals surface area contributed by atoms with Gasteiger partial charge in [-0.25, -0.2) is 5.43 Å². The predicted molar refractivity (Wildman–Crippen MR) is 49.2 cm³/mol. The molecule has 1 heterocycles. The van der Waals surface area contributed by atoms with Gasteiger partial charge in [0.2, 0.25) is 5.91 Å². The van der Waals surface area contributed by atoms with Crippen molar-refractivity contribution in [1.82, 2.24) is 15.2 Å². The van der Waals surface area contributed by atoms with Gasteiger partial charge in [-0.1, -0.05) is 0 Å². The molecule has 1 rings (SSSR count). The first kappa shape index (κ1) is 9.44. The molecule has 0 fully saturated rings. The lowest BCUT2D eigenvalue weighted by atomic mass is 10.2. The molecule has 1 N–H and O–H groups in total. The number of aryl methyl sites for hydroxylation is 1. The number of nitrogens with one attached hydrogen (secondary N) is 1. The van der Waals surface area contributed by atoms with Gasteiger partial charge in [-0.3, -0.25) is 9.48 Å². The van der Waals surface area contributed by atoms with Crippen molar-refractivity contribution < 1.29 is 4.79 Å². The second-order valence-electron chi connectivity index (χ2n) is 2.77. The Hall–Kier alpha value is -1.65. The second-order valence-corrected chi connectivity index (χ2v) is 2.77. The molecule has 5 heteroatoms. The van der Waals surface area contributed by atoms with Crippen molar-refractivity contribution in [1.29, 1.82) is 0 Å². The number of hydrazone groups is 1. The normalized spacial score (nSPS) is 11.5. The zero-order chi connectivity index (χ0) is 9.84. The molecule has 1 amide bonds. The maximum Gasteiger partial charge on any atom is 0.236 e. The Balaban J connectivity index is 2.72. The number of carbonyl (C=O) groups is 1. The van der Waals surface area contributed by atoms with Crippen LogP contribution in [0.25, 0.3) is 0 Å². The Bertz CT molecular complexity index is 340. The maximum absolute atomic E-state index is 10.5. The molecule has 0 aliphatic rings. The highest BCUT2D eigenvalue weighted by Crippen LogP contribution is 1.97. The zero-order valence-electron chi connectivity index (χ0n) is 7.90. The van der Waals surface area contributed by atoms with E-state index in [0.717, 1.165) is 11.3 Å². The Morgan fingerprint density at radius 1 is 1.62 bits per heavy atom. The minimum absolute atomic E-state index is 0.178. The van der Waals surface area contributed by atoms with Gasteiger partial charge in [-0.2, -0.15) is 10.2 Å². The summed E-state index contributed by atoms with van der Waals surface area (Å²) in [4.78, 5) is 10.5. The van der Waals surface area contributed by atoms with E-state index in [0.29, 0.717) is 0 Å². The van der Waals surface area contributed by atoms with E-state index in [9.17, 15) is 4.79 Å². The van der Waals surface area contributed by atoms with Crippen molar-refractivity contribution in [3.8, 4) is 0 Å². The van der Waals surface area contributed by atoms with Gasteiger partial charge in [0.05, 0.1) is 11.9 Å². The van der Waals surface area contributed by atoms with Crippen LogP contribution in [0, 0.1) is 0 Å². The highest BCUT2D eigenvalue weighted by Gasteiger charge is 1.99. The van der Waals surface area contributed by atoms with Gasteiger partial charge >= 0.3 is 0 Å². The number of aromatic nitrogens is 2. The van der Waals surface area contributed by atoms with E-state index in [1.165, 1.54) is 6.92 Å². The predicted octanol–water partition coefficient (Wildman–Crippen LogP) is 0.280. The Labute approximate surface area is 76.4 Å². The van der Waals surface area contributed by atoms with Gasteiger partial charge in [0.25, 0.3) is 0 Å². The van der Waals surface area contributed by atoms with Crippen LogP contribution >= 0.6 is 0 Å². The molecule has 0 atom stereocenters. The SMILES string of the molecule is CC(=O)N/N=C(\C)c1cnn(C)c1. The molecular weight excluding hydrogens is 168 g/mol. The molecule has 1 aromatic heterocycles. The molecule has 0 radical (unpaired) electrons. The van der Waals surface area contributed by atoms with Gasteiger partial charge in [0.1, 0.15) is 0 Å². The van der Waals surface area contributed by atoms with Gasteiger partial charge in [-0.05, 0) is 6.92 Å². The first-order chi connectivity index (χ1) is 6.09. The highest BCUT2D eigenvalue weighted by atomic mass is 16.2. The zero-order valence-corrected chi connectivity index (χ0v) is 7.90. The van der Waals surface area contributed by atoms with Gasteiger partial charge in [-0.15, -0.1) is 0 Å². The standard InChI is InChI=1S/C8H12N4O/c1-6(10-11-7(2)13)8-4-9-12(3)5-8/h4-5H,1-3H3,(H,11,13)/b10-6+. The molecule has 0 unspecified atom stereocenters. The van der Waals surface area contributed by atoms with E-state index >= 15 is 0 Å². The average Bonchev–Trinajstić information content (AvgIpc) is 2.47. The second kappa shape index (κ2) is 3.84. The van der Waals surface area contributed by atoms with Crippen molar-refractivity contribution in [3.63, 3.8) is 0 Å². The number of carbonyl (C=O) groups excluding carboxylic acids is 1. The lowest BCUT2D eigenvalue weighted by Crippen LogP contribution is -2.14. The van der Waals surface area contributed by atoms with Gasteiger partial charge in [0.15, 0.2) is 0 Å². The van der Waals surface area contributed by atoms with Crippen molar-refractivity contribution in [2.75, 3.05) is 0 Å². The van der Waals surface area contributed by atoms with E-state index in [1.807, 2.05) is 20.2 Å². The number of hydrogen-bond acceptors (Lipinski definition) is 3. The third-order valence-electron chi connectivity index (χ3n) is 1.50. The van der Waals surface area contributed by atoms with Crippen LogP contribution in [0.5, 0.6) is 0 Å². The van der Waals surface area contributed by atoms with E-state index < -0.39 is 0 Å². The summed E-state index contributed by atoms with van der Waals surface area (Å²) >= 11 is 0. The average molecular weight is 180 g/mol. The summed E-state index contributed by atoms with van der Waals surface area (Å²) < 4.78 is 1.68. The van der Waals surface area contributed by atoms with Crippen LogP contribution in [0.2, 0.25) is 0 Å². The molecule has 0 saturated carbocycles. The van der Waals surface area contributed by atoms with Gasteiger partial charge < -0.3 is 0 Å². The van der Waals surface area contributed by atoms with E-state index in [1.54, 1.807) is 10.9 Å². The van der Waals surface area contributed by atoms with E-state index in [2.05, 4.69) is 15.6 Å². The third kappa shape index (κ3) is 2.70. The Morgan fingerprint density at radius 3 is 2.77 bits per heavy atom. The molecule has 13 heavy (non-hydrogen) atoms. The lowest BCUT2D eigenvalue weighted by molar-refractivity contribution is -0.118. The van der Waals surface area contributed by atoms with Crippen LogP contribution in [0.15, 0.2) is 17.5 Å². The van der Waals surface area contributed by atoms with Crippen LogP contribution < -0.4 is 5.43 Å². The monoisotopic (exact) mass is 180 g/mol. The minimum atomic E-state index is -0.178. The summed E-state index contributed by atoms with van der Waals surface area (Å²) in [6.07, 6.45) is 3.53. The van der Waals surface area contributed by atoms with E-state index in [4.69, 9.17) is 0 Å².